The number of aromatic nitrogens is 2. The van der Waals surface area contributed by atoms with Crippen molar-refractivity contribution in [2.45, 2.75) is 52.8 Å². The van der Waals surface area contributed by atoms with Crippen LogP contribution in [-0.2, 0) is 19.5 Å². The highest BCUT2D eigenvalue weighted by Crippen LogP contribution is 2.25. The van der Waals surface area contributed by atoms with E-state index in [1.54, 1.807) is 0 Å². The highest BCUT2D eigenvalue weighted by atomic mass is 79.9. The molecule has 0 aromatic carbocycles. The van der Waals surface area contributed by atoms with Crippen LogP contribution in [-0.4, -0.2) is 39.0 Å². The van der Waals surface area contributed by atoms with E-state index in [0.717, 1.165) is 49.2 Å². The first-order chi connectivity index (χ1) is 9.06. The number of nitrogens with zero attached hydrogens (tertiary/aromatic N) is 3. The van der Waals surface area contributed by atoms with Gasteiger partial charge in [0.1, 0.15) is 0 Å². The van der Waals surface area contributed by atoms with Crippen LogP contribution in [0.2, 0.25) is 0 Å². The summed E-state index contributed by atoms with van der Waals surface area (Å²) in [5.74, 6) is 0.418. The average molecular weight is 330 g/mol. The molecule has 1 aromatic heterocycles. The van der Waals surface area contributed by atoms with Gasteiger partial charge in [-0.15, -0.1) is 0 Å². The second-order valence-corrected chi connectivity index (χ2v) is 6.24. The van der Waals surface area contributed by atoms with Gasteiger partial charge in [0, 0.05) is 19.6 Å². The van der Waals surface area contributed by atoms with Crippen molar-refractivity contribution in [1.82, 2.24) is 14.7 Å². The molecule has 2 atom stereocenters. The first-order valence-corrected chi connectivity index (χ1v) is 8.00. The molecular formula is C14H24BrN3O. The fourth-order valence-corrected chi connectivity index (χ4v) is 3.33. The predicted molar refractivity (Wildman–Crippen MR) is 80.0 cm³/mol. The van der Waals surface area contributed by atoms with Gasteiger partial charge in [0.25, 0.3) is 0 Å². The molecule has 5 heteroatoms. The van der Waals surface area contributed by atoms with E-state index in [1.165, 1.54) is 5.69 Å². The third-order valence-electron chi connectivity index (χ3n) is 4.07. The van der Waals surface area contributed by atoms with Gasteiger partial charge >= 0.3 is 0 Å². The lowest BCUT2D eigenvalue weighted by Crippen LogP contribution is -2.42. The Labute approximate surface area is 123 Å². The molecule has 4 nitrogen and oxygen atoms in total. The van der Waals surface area contributed by atoms with Crippen molar-refractivity contribution in [2.24, 2.45) is 5.92 Å². The van der Waals surface area contributed by atoms with E-state index in [9.17, 15) is 5.11 Å². The summed E-state index contributed by atoms with van der Waals surface area (Å²) in [6.45, 7) is 9.96. The topological polar surface area (TPSA) is 41.3 Å². The summed E-state index contributed by atoms with van der Waals surface area (Å²) in [4.78, 5) is 2.33. The minimum Gasteiger partial charge on any atom is -0.392 e. The molecule has 1 aromatic rings. The van der Waals surface area contributed by atoms with Gasteiger partial charge in [0.15, 0.2) is 0 Å². The standard InChI is InChI=1S/C14H24BrN3O/c1-4-11-14(15)12(18(5-2)16-11)8-17-7-6-10(3)13(19)9-17/h10,13,19H,4-9H2,1-3H3. The number of hydrogen-bond acceptors (Lipinski definition) is 3. The smallest absolute Gasteiger partial charge is 0.0767 e. The highest BCUT2D eigenvalue weighted by molar-refractivity contribution is 9.10. The molecule has 2 heterocycles. The van der Waals surface area contributed by atoms with Crippen molar-refractivity contribution in [1.29, 1.82) is 0 Å². The van der Waals surface area contributed by atoms with E-state index in [0.29, 0.717) is 5.92 Å². The number of β-amino-alcohol motifs (C(OH)–C–C–N with tert-alkyl or cyclic N) is 1. The number of aliphatic hydroxyl groups is 1. The number of aliphatic hydroxyl groups excluding tert-OH is 1. The van der Waals surface area contributed by atoms with Crippen LogP contribution in [0.5, 0.6) is 0 Å². The Kier molecular flexibility index (Phi) is 5.03. The second-order valence-electron chi connectivity index (χ2n) is 5.45. The van der Waals surface area contributed by atoms with Crippen molar-refractivity contribution in [3.63, 3.8) is 0 Å². The molecule has 1 saturated heterocycles. The van der Waals surface area contributed by atoms with Crippen LogP contribution >= 0.6 is 15.9 Å². The summed E-state index contributed by atoms with van der Waals surface area (Å²) < 4.78 is 3.22. The molecule has 0 amide bonds. The molecule has 108 valence electrons. The van der Waals surface area contributed by atoms with Crippen molar-refractivity contribution in [3.05, 3.63) is 15.9 Å². The van der Waals surface area contributed by atoms with E-state index >= 15 is 0 Å². The van der Waals surface area contributed by atoms with Crippen molar-refractivity contribution >= 4 is 15.9 Å². The average Bonchev–Trinajstić information content (AvgIpc) is 2.70. The minimum atomic E-state index is -0.198. The van der Waals surface area contributed by atoms with Gasteiger partial charge < -0.3 is 5.11 Å². The van der Waals surface area contributed by atoms with Gasteiger partial charge in [0.2, 0.25) is 0 Å². The van der Waals surface area contributed by atoms with Crippen LogP contribution in [0.4, 0.5) is 0 Å². The van der Waals surface area contributed by atoms with E-state index in [4.69, 9.17) is 0 Å². The largest absolute Gasteiger partial charge is 0.392 e. The fourth-order valence-electron chi connectivity index (χ4n) is 2.64. The molecule has 0 radical (unpaired) electrons. The van der Waals surface area contributed by atoms with E-state index in [-0.39, 0.29) is 6.10 Å². The zero-order chi connectivity index (χ0) is 14.0. The first-order valence-electron chi connectivity index (χ1n) is 7.21. The van der Waals surface area contributed by atoms with Gasteiger partial charge in [-0.3, -0.25) is 9.58 Å². The molecule has 1 N–H and O–H groups in total. The van der Waals surface area contributed by atoms with E-state index in [2.05, 4.69) is 51.4 Å². The summed E-state index contributed by atoms with van der Waals surface area (Å²) in [6, 6.07) is 0. The fraction of sp³-hybridized carbons (Fsp3) is 0.786. The van der Waals surface area contributed by atoms with Crippen molar-refractivity contribution in [3.8, 4) is 0 Å². The van der Waals surface area contributed by atoms with Crippen molar-refractivity contribution in [2.75, 3.05) is 13.1 Å². The van der Waals surface area contributed by atoms with Gasteiger partial charge in [-0.25, -0.2) is 0 Å². The van der Waals surface area contributed by atoms with Crippen LogP contribution in [0.3, 0.4) is 0 Å². The number of halogens is 1. The third kappa shape index (κ3) is 3.20. The molecule has 0 bridgehead atoms. The van der Waals surface area contributed by atoms with E-state index < -0.39 is 0 Å². The lowest BCUT2D eigenvalue weighted by Gasteiger charge is -2.34. The number of piperidine rings is 1. The Morgan fingerprint density at radius 1 is 1.42 bits per heavy atom. The number of rotatable bonds is 4. The van der Waals surface area contributed by atoms with Crippen molar-refractivity contribution < 1.29 is 5.11 Å². The Morgan fingerprint density at radius 2 is 2.16 bits per heavy atom. The monoisotopic (exact) mass is 329 g/mol. The summed E-state index contributed by atoms with van der Waals surface area (Å²) >= 11 is 3.68. The molecule has 19 heavy (non-hydrogen) atoms. The number of hydrogen-bond donors (Lipinski definition) is 1. The van der Waals surface area contributed by atoms with Gasteiger partial charge in [-0.05, 0) is 48.2 Å². The highest BCUT2D eigenvalue weighted by Gasteiger charge is 2.26. The molecule has 0 aliphatic carbocycles. The zero-order valence-electron chi connectivity index (χ0n) is 12.1. The summed E-state index contributed by atoms with van der Waals surface area (Å²) in [6.07, 6.45) is 1.82. The SMILES string of the molecule is CCc1nn(CC)c(CN2CCC(C)C(O)C2)c1Br. The number of likely N-dealkylation sites (tertiary alicyclic amines) is 1. The van der Waals surface area contributed by atoms with Crippen LogP contribution in [0.15, 0.2) is 4.47 Å². The summed E-state index contributed by atoms with van der Waals surface area (Å²) in [5.41, 5.74) is 2.36. The van der Waals surface area contributed by atoms with E-state index in [1.807, 2.05) is 0 Å². The maximum Gasteiger partial charge on any atom is 0.0767 e. The second kappa shape index (κ2) is 6.37. The summed E-state index contributed by atoms with van der Waals surface area (Å²) in [7, 11) is 0. The van der Waals surface area contributed by atoms with Crippen LogP contribution in [0, 0.1) is 5.92 Å². The molecule has 1 aliphatic heterocycles. The lowest BCUT2D eigenvalue weighted by molar-refractivity contribution is 0.0248. The molecular weight excluding hydrogens is 306 g/mol. The van der Waals surface area contributed by atoms with Crippen LogP contribution < -0.4 is 0 Å². The zero-order valence-corrected chi connectivity index (χ0v) is 13.7. The lowest BCUT2D eigenvalue weighted by atomic mass is 9.96. The maximum absolute atomic E-state index is 10.00. The first kappa shape index (κ1) is 15.0. The third-order valence-corrected chi connectivity index (χ3v) is 4.99. The normalized spacial score (nSPS) is 24.9. The molecule has 2 rings (SSSR count). The molecule has 2 unspecified atom stereocenters. The van der Waals surface area contributed by atoms with Crippen LogP contribution in [0.1, 0.15) is 38.6 Å². The summed E-state index contributed by atoms with van der Waals surface area (Å²) in [5, 5.41) is 14.6. The van der Waals surface area contributed by atoms with Gasteiger partial charge in [-0.2, -0.15) is 5.10 Å². The molecule has 1 aliphatic rings. The van der Waals surface area contributed by atoms with Gasteiger partial charge in [0.05, 0.1) is 22.0 Å². The predicted octanol–water partition coefficient (Wildman–Crippen LogP) is 2.43. The number of aryl methyl sites for hydroxylation is 2. The minimum absolute atomic E-state index is 0.198. The molecule has 1 fully saturated rings. The Hall–Kier alpha value is -0.390. The Morgan fingerprint density at radius 3 is 2.74 bits per heavy atom. The van der Waals surface area contributed by atoms with Gasteiger partial charge in [-0.1, -0.05) is 13.8 Å². The Balaban J connectivity index is 2.12. The maximum atomic E-state index is 10.00. The quantitative estimate of drug-likeness (QED) is 0.922. The molecule has 0 spiro atoms. The Bertz CT molecular complexity index is 433. The van der Waals surface area contributed by atoms with Crippen LogP contribution in [0.25, 0.3) is 0 Å². The molecule has 0 saturated carbocycles.